The first-order chi connectivity index (χ1) is 9.72. The van der Waals surface area contributed by atoms with Crippen molar-refractivity contribution in [3.63, 3.8) is 0 Å². The first kappa shape index (κ1) is 14.4. The van der Waals surface area contributed by atoms with Crippen molar-refractivity contribution in [2.75, 3.05) is 23.3 Å². The second-order valence-electron chi connectivity index (χ2n) is 4.90. The molecule has 0 radical (unpaired) electrons. The van der Waals surface area contributed by atoms with Crippen LogP contribution in [0.2, 0.25) is 0 Å². The molecule has 20 heavy (non-hydrogen) atoms. The number of hydrogen-bond donors (Lipinski definition) is 1. The maximum absolute atomic E-state index is 4.65. The molecule has 0 bridgehead atoms. The largest absolute Gasteiger partial charge is 0.370 e. The third kappa shape index (κ3) is 3.73. The Kier molecular flexibility index (Phi) is 4.99. The molecule has 0 saturated carbocycles. The van der Waals surface area contributed by atoms with E-state index in [1.807, 2.05) is 6.07 Å². The van der Waals surface area contributed by atoms with Gasteiger partial charge in [-0.25, -0.2) is 4.98 Å². The summed E-state index contributed by atoms with van der Waals surface area (Å²) in [5.74, 6) is 0.949. The lowest BCUT2D eigenvalue weighted by Gasteiger charge is -2.23. The monoisotopic (exact) mass is 269 g/mol. The third-order valence-electron chi connectivity index (χ3n) is 3.27. The van der Waals surface area contributed by atoms with Crippen LogP contribution in [0, 0.1) is 6.92 Å². The van der Waals surface area contributed by atoms with Gasteiger partial charge in [-0.1, -0.05) is 18.2 Å². The molecule has 0 aliphatic heterocycles. The predicted octanol–water partition coefficient (Wildman–Crippen LogP) is 3.85. The van der Waals surface area contributed by atoms with Crippen LogP contribution >= 0.6 is 0 Å². The Morgan fingerprint density at radius 2 is 1.90 bits per heavy atom. The van der Waals surface area contributed by atoms with E-state index in [1.165, 1.54) is 11.3 Å². The molecular weight excluding hydrogens is 246 g/mol. The van der Waals surface area contributed by atoms with Gasteiger partial charge in [0.15, 0.2) is 0 Å². The summed E-state index contributed by atoms with van der Waals surface area (Å²) in [6.07, 6.45) is 0. The van der Waals surface area contributed by atoms with Crippen LogP contribution in [0.15, 0.2) is 42.5 Å². The quantitative estimate of drug-likeness (QED) is 0.863. The summed E-state index contributed by atoms with van der Waals surface area (Å²) in [4.78, 5) is 6.98. The lowest BCUT2D eigenvalue weighted by atomic mass is 10.2. The van der Waals surface area contributed by atoms with Crippen LogP contribution in [0.4, 0.5) is 11.5 Å². The van der Waals surface area contributed by atoms with Gasteiger partial charge in [-0.05, 0) is 50.6 Å². The number of nitrogens with one attached hydrogen (secondary N) is 1. The number of benzene rings is 1. The molecule has 0 unspecified atom stereocenters. The molecule has 0 atom stereocenters. The number of nitrogens with zero attached hydrogens (tertiary/aromatic N) is 2. The molecule has 0 saturated heterocycles. The maximum atomic E-state index is 4.65. The average molecular weight is 269 g/mol. The lowest BCUT2D eigenvalue weighted by Crippen LogP contribution is -2.22. The van der Waals surface area contributed by atoms with Crippen molar-refractivity contribution in [2.45, 2.75) is 27.3 Å². The number of hydrogen-bond acceptors (Lipinski definition) is 3. The highest BCUT2D eigenvalue weighted by molar-refractivity contribution is 5.48. The van der Waals surface area contributed by atoms with E-state index >= 15 is 0 Å². The van der Waals surface area contributed by atoms with Crippen molar-refractivity contribution in [3.8, 4) is 0 Å². The summed E-state index contributed by atoms with van der Waals surface area (Å²) in [6.45, 7) is 9.08. The first-order valence-electron chi connectivity index (χ1n) is 7.24. The van der Waals surface area contributed by atoms with E-state index in [4.69, 9.17) is 0 Å². The Balaban J connectivity index is 2.15. The first-order valence-corrected chi connectivity index (χ1v) is 7.24. The topological polar surface area (TPSA) is 28.2 Å². The number of aromatic nitrogens is 1. The highest BCUT2D eigenvalue weighted by atomic mass is 15.1. The van der Waals surface area contributed by atoms with Gasteiger partial charge in [0.2, 0.25) is 0 Å². The molecule has 1 aromatic heterocycles. The molecule has 3 nitrogen and oxygen atoms in total. The Bertz CT molecular complexity index is 551. The zero-order valence-electron chi connectivity index (χ0n) is 12.6. The van der Waals surface area contributed by atoms with Gasteiger partial charge in [0.25, 0.3) is 0 Å². The molecular formula is C17H23N3. The standard InChI is InChI=1S/C17H23N3/c1-4-18-17-11-7-9-15(19-17)13-20(5-2)16-10-6-8-14(3)12-16/h6-12H,4-5,13H2,1-3H3,(H,18,19). The summed E-state index contributed by atoms with van der Waals surface area (Å²) < 4.78 is 0. The predicted molar refractivity (Wildman–Crippen MR) is 86.3 cm³/mol. The van der Waals surface area contributed by atoms with Crippen molar-refractivity contribution in [1.29, 1.82) is 0 Å². The van der Waals surface area contributed by atoms with Crippen LogP contribution in [0.3, 0.4) is 0 Å². The van der Waals surface area contributed by atoms with Crippen LogP contribution in [0.1, 0.15) is 25.1 Å². The Labute approximate surface area is 121 Å². The summed E-state index contributed by atoms with van der Waals surface area (Å²) in [5.41, 5.74) is 3.63. The van der Waals surface area contributed by atoms with Gasteiger partial charge in [-0.2, -0.15) is 0 Å². The van der Waals surface area contributed by atoms with Gasteiger partial charge in [-0.3, -0.25) is 0 Å². The van der Waals surface area contributed by atoms with E-state index < -0.39 is 0 Å². The van der Waals surface area contributed by atoms with E-state index in [9.17, 15) is 0 Å². The van der Waals surface area contributed by atoms with Crippen molar-refractivity contribution >= 4 is 11.5 Å². The lowest BCUT2D eigenvalue weighted by molar-refractivity contribution is 0.809. The maximum Gasteiger partial charge on any atom is 0.126 e. The number of rotatable bonds is 6. The van der Waals surface area contributed by atoms with Gasteiger partial charge < -0.3 is 10.2 Å². The van der Waals surface area contributed by atoms with Crippen LogP contribution in [0.5, 0.6) is 0 Å². The van der Waals surface area contributed by atoms with Crippen molar-refractivity contribution in [2.24, 2.45) is 0 Å². The van der Waals surface area contributed by atoms with Crippen molar-refractivity contribution < 1.29 is 0 Å². The zero-order valence-corrected chi connectivity index (χ0v) is 12.6. The van der Waals surface area contributed by atoms with Gasteiger partial charge in [0.05, 0.1) is 12.2 Å². The van der Waals surface area contributed by atoms with Crippen LogP contribution < -0.4 is 10.2 Å². The number of anilines is 2. The summed E-state index contributed by atoms with van der Waals surface area (Å²) in [7, 11) is 0. The van der Waals surface area contributed by atoms with Crippen molar-refractivity contribution in [3.05, 3.63) is 53.7 Å². The van der Waals surface area contributed by atoms with E-state index in [2.05, 4.69) is 72.4 Å². The van der Waals surface area contributed by atoms with Crippen LogP contribution in [0.25, 0.3) is 0 Å². The molecule has 1 N–H and O–H groups in total. The third-order valence-corrected chi connectivity index (χ3v) is 3.27. The molecule has 2 rings (SSSR count). The van der Waals surface area contributed by atoms with Gasteiger partial charge in [0, 0.05) is 18.8 Å². The minimum Gasteiger partial charge on any atom is -0.370 e. The Morgan fingerprint density at radius 3 is 2.60 bits per heavy atom. The molecule has 1 heterocycles. The molecule has 0 spiro atoms. The van der Waals surface area contributed by atoms with Gasteiger partial charge >= 0.3 is 0 Å². The fourth-order valence-corrected chi connectivity index (χ4v) is 2.25. The molecule has 0 amide bonds. The Morgan fingerprint density at radius 1 is 1.10 bits per heavy atom. The second-order valence-corrected chi connectivity index (χ2v) is 4.90. The smallest absolute Gasteiger partial charge is 0.126 e. The molecule has 2 aromatic rings. The fourth-order valence-electron chi connectivity index (χ4n) is 2.25. The second kappa shape index (κ2) is 6.94. The van der Waals surface area contributed by atoms with Crippen molar-refractivity contribution in [1.82, 2.24) is 4.98 Å². The summed E-state index contributed by atoms with van der Waals surface area (Å²) >= 11 is 0. The molecule has 106 valence electrons. The average Bonchev–Trinajstić information content (AvgIpc) is 2.45. The molecule has 3 heteroatoms. The molecule has 0 aliphatic rings. The zero-order chi connectivity index (χ0) is 14.4. The minimum absolute atomic E-state index is 0.833. The highest BCUT2D eigenvalue weighted by Crippen LogP contribution is 2.18. The highest BCUT2D eigenvalue weighted by Gasteiger charge is 2.07. The molecule has 0 fully saturated rings. The summed E-state index contributed by atoms with van der Waals surface area (Å²) in [6, 6.07) is 14.8. The SMILES string of the molecule is CCNc1cccc(CN(CC)c2cccc(C)c2)n1. The van der Waals surface area contributed by atoms with E-state index in [0.717, 1.165) is 31.1 Å². The number of pyridine rings is 1. The van der Waals surface area contributed by atoms with Crippen LogP contribution in [-0.4, -0.2) is 18.1 Å². The Hall–Kier alpha value is -2.03. The van der Waals surface area contributed by atoms with E-state index in [1.54, 1.807) is 0 Å². The number of aryl methyl sites for hydroxylation is 1. The fraction of sp³-hybridized carbons (Fsp3) is 0.353. The van der Waals surface area contributed by atoms with E-state index in [0.29, 0.717) is 0 Å². The molecule has 0 aliphatic carbocycles. The van der Waals surface area contributed by atoms with Gasteiger partial charge in [-0.15, -0.1) is 0 Å². The summed E-state index contributed by atoms with van der Waals surface area (Å²) in [5, 5.41) is 3.26. The normalized spacial score (nSPS) is 10.3. The van der Waals surface area contributed by atoms with Crippen LogP contribution in [-0.2, 0) is 6.54 Å². The minimum atomic E-state index is 0.833. The molecule has 1 aromatic carbocycles. The van der Waals surface area contributed by atoms with Gasteiger partial charge in [0.1, 0.15) is 5.82 Å². The van der Waals surface area contributed by atoms with E-state index in [-0.39, 0.29) is 0 Å².